The molecule has 0 saturated heterocycles. The second-order valence-electron chi connectivity index (χ2n) is 6.64. The maximum atomic E-state index is 12.9. The Morgan fingerprint density at radius 2 is 1.58 bits per heavy atom. The van der Waals surface area contributed by atoms with Crippen LogP contribution in [0.15, 0.2) is 61.5 Å². The fraction of sp³-hybridized carbons (Fsp3) is 0.118. The van der Waals surface area contributed by atoms with E-state index in [1.165, 1.54) is 19.1 Å². The molecular formula is C17H15N5Na3O9S2. The van der Waals surface area contributed by atoms with E-state index < -0.39 is 53.7 Å². The standard InChI is InChI=1S/C17H15N5O9S2.3Na/c1-8-11(6-9(18)7-13(8)33(29,30)31)22-16(23)14(15(21-22)17(24)25)20-19-10-4-2-3-5-12(10)32(26,27)28;;;/h2-7,14H,18H2,1H3,(H,24,25)(H,26,27,28)(H,29,30,31);;;. The van der Waals surface area contributed by atoms with E-state index >= 15 is 0 Å². The van der Waals surface area contributed by atoms with Crippen LogP contribution in [-0.4, -0.2) is 143 Å². The van der Waals surface area contributed by atoms with Crippen molar-refractivity contribution >= 4 is 144 Å². The third-order valence-electron chi connectivity index (χ3n) is 4.41. The van der Waals surface area contributed by atoms with Crippen molar-refractivity contribution in [3.05, 3.63) is 42.0 Å². The van der Waals surface area contributed by atoms with Gasteiger partial charge in [-0.2, -0.15) is 37.2 Å². The summed E-state index contributed by atoms with van der Waals surface area (Å²) in [5, 5.41) is 20.9. The number of azo groups is 1. The number of amides is 1. The second-order valence-corrected chi connectivity index (χ2v) is 9.42. The molecule has 0 aliphatic carbocycles. The predicted molar refractivity (Wildman–Crippen MR) is 130 cm³/mol. The number of carbonyl (C=O) groups is 2. The maximum absolute atomic E-state index is 12.9. The summed E-state index contributed by atoms with van der Waals surface area (Å²) in [5.41, 5.74) is 3.93. The van der Waals surface area contributed by atoms with Crippen molar-refractivity contribution in [1.29, 1.82) is 0 Å². The van der Waals surface area contributed by atoms with Crippen LogP contribution in [-0.2, 0) is 29.8 Å². The van der Waals surface area contributed by atoms with Crippen LogP contribution in [0.2, 0.25) is 0 Å². The van der Waals surface area contributed by atoms with Crippen molar-refractivity contribution in [2.75, 3.05) is 10.7 Å². The summed E-state index contributed by atoms with van der Waals surface area (Å²) >= 11 is 0. The summed E-state index contributed by atoms with van der Waals surface area (Å²) in [5.74, 6) is -2.73. The average molecular weight is 566 g/mol. The normalized spacial score (nSPS) is 15.5. The smallest absolute Gasteiger partial charge is 0.355 e. The maximum Gasteiger partial charge on any atom is 0.355 e. The molecule has 0 bridgehead atoms. The molecule has 36 heavy (non-hydrogen) atoms. The largest absolute Gasteiger partial charge is 0.477 e. The van der Waals surface area contributed by atoms with E-state index in [0.717, 1.165) is 24.3 Å². The van der Waals surface area contributed by atoms with Gasteiger partial charge < -0.3 is 10.8 Å². The van der Waals surface area contributed by atoms with E-state index in [1.807, 2.05) is 0 Å². The Labute approximate surface area is 271 Å². The molecule has 1 aliphatic heterocycles. The number of nitrogen functional groups attached to an aromatic ring is 1. The summed E-state index contributed by atoms with van der Waals surface area (Å²) < 4.78 is 64.9. The van der Waals surface area contributed by atoms with Gasteiger partial charge in [-0.05, 0) is 36.8 Å². The van der Waals surface area contributed by atoms with E-state index in [4.69, 9.17) is 5.73 Å². The number of hydrazone groups is 1. The number of hydrogen-bond donors (Lipinski definition) is 4. The van der Waals surface area contributed by atoms with Gasteiger partial charge in [-0.3, -0.25) is 13.9 Å². The van der Waals surface area contributed by atoms with E-state index in [1.54, 1.807) is 0 Å². The summed E-state index contributed by atoms with van der Waals surface area (Å²) in [6, 6.07) is 5.08. The average Bonchev–Trinajstić information content (AvgIpc) is 3.03. The number of carboxylic acids is 1. The Hall–Kier alpha value is -0.730. The number of nitrogens with zero attached hydrogens (tertiary/aromatic N) is 4. The minimum absolute atomic E-state index is 0. The van der Waals surface area contributed by atoms with Crippen LogP contribution < -0.4 is 10.7 Å². The third kappa shape index (κ3) is 7.66. The van der Waals surface area contributed by atoms with E-state index in [0.29, 0.717) is 5.01 Å². The van der Waals surface area contributed by atoms with Gasteiger partial charge in [0.2, 0.25) is 6.04 Å². The summed E-state index contributed by atoms with van der Waals surface area (Å²) in [4.78, 5) is 23.3. The first-order valence-corrected chi connectivity index (χ1v) is 11.6. The third-order valence-corrected chi connectivity index (χ3v) is 6.29. The molecule has 0 spiro atoms. The zero-order chi connectivity index (χ0) is 24.7. The molecule has 0 fully saturated rings. The van der Waals surface area contributed by atoms with Crippen LogP contribution in [0.3, 0.4) is 0 Å². The van der Waals surface area contributed by atoms with Gasteiger partial charge in [-0.25, -0.2) is 4.79 Å². The van der Waals surface area contributed by atoms with Crippen molar-refractivity contribution in [1.82, 2.24) is 0 Å². The molecule has 5 N–H and O–H groups in total. The minimum Gasteiger partial charge on any atom is -0.477 e. The van der Waals surface area contributed by atoms with Gasteiger partial charge in [0.15, 0.2) is 5.71 Å². The first-order chi connectivity index (χ1) is 15.2. The Balaban J connectivity index is 0.00000408. The number of aliphatic carboxylic acids is 1. The number of carboxylic acid groups (broad SMARTS) is 1. The summed E-state index contributed by atoms with van der Waals surface area (Å²) in [6.07, 6.45) is 0. The number of carbonyl (C=O) groups excluding carboxylic acids is 1. The van der Waals surface area contributed by atoms with E-state index in [2.05, 4.69) is 15.3 Å². The number of nitrogens with two attached hydrogens (primary N) is 1. The van der Waals surface area contributed by atoms with Gasteiger partial charge in [-0.15, -0.1) is 0 Å². The van der Waals surface area contributed by atoms with Crippen LogP contribution >= 0.6 is 0 Å². The molecule has 1 aliphatic rings. The van der Waals surface area contributed by atoms with E-state index in [9.17, 15) is 40.6 Å². The molecular weight excluding hydrogens is 551 g/mol. The van der Waals surface area contributed by atoms with Crippen LogP contribution in [0.5, 0.6) is 0 Å². The SMILES string of the molecule is Cc1c(N2N=C(C(=O)O)C(N=Nc3ccccc3S(=O)(=O)O)C2=O)cc(N)cc1S(=O)(=O)O.[Na].[Na].[Na]. The summed E-state index contributed by atoms with van der Waals surface area (Å²) in [6.45, 7) is 1.23. The molecule has 1 unspecified atom stereocenters. The fourth-order valence-corrected chi connectivity index (χ4v) is 4.34. The molecule has 2 aromatic carbocycles. The molecule has 0 saturated carbocycles. The molecule has 3 rings (SSSR count). The Kier molecular flexibility index (Phi) is 13.1. The van der Waals surface area contributed by atoms with Gasteiger partial charge >= 0.3 is 5.97 Å². The van der Waals surface area contributed by atoms with Crippen molar-refractivity contribution in [2.24, 2.45) is 15.3 Å². The number of anilines is 2. The van der Waals surface area contributed by atoms with Crippen molar-refractivity contribution in [3.63, 3.8) is 0 Å². The topological polar surface area (TPSA) is 229 Å². The number of rotatable bonds is 6. The minimum atomic E-state index is -4.74. The molecule has 3 radical (unpaired) electrons. The number of benzene rings is 2. The fourth-order valence-electron chi connectivity index (χ4n) is 2.94. The van der Waals surface area contributed by atoms with Gasteiger partial charge in [0.25, 0.3) is 26.1 Å². The molecule has 19 heteroatoms. The Morgan fingerprint density at radius 3 is 2.11 bits per heavy atom. The zero-order valence-electron chi connectivity index (χ0n) is 19.5. The first-order valence-electron chi connectivity index (χ1n) is 8.72. The van der Waals surface area contributed by atoms with Crippen LogP contribution in [0.4, 0.5) is 17.1 Å². The summed E-state index contributed by atoms with van der Waals surface area (Å²) in [7, 11) is -9.43. The van der Waals surface area contributed by atoms with Gasteiger partial charge in [0.1, 0.15) is 15.5 Å². The molecule has 1 amide bonds. The van der Waals surface area contributed by atoms with Crippen molar-refractivity contribution in [3.8, 4) is 0 Å². The molecule has 2 aromatic rings. The van der Waals surface area contributed by atoms with E-state index in [-0.39, 0.29) is 111 Å². The first kappa shape index (κ1) is 35.3. The van der Waals surface area contributed by atoms with Crippen molar-refractivity contribution < 1.29 is 40.6 Å². The Bertz CT molecular complexity index is 1460. The molecule has 14 nitrogen and oxygen atoms in total. The van der Waals surface area contributed by atoms with Crippen molar-refractivity contribution in [2.45, 2.75) is 22.8 Å². The Morgan fingerprint density at radius 1 is 1.03 bits per heavy atom. The molecule has 1 heterocycles. The number of hydrogen-bond acceptors (Lipinski definition) is 10. The van der Waals surface area contributed by atoms with Gasteiger partial charge in [0, 0.05) is 94.4 Å². The monoisotopic (exact) mass is 566 g/mol. The van der Waals surface area contributed by atoms with Crippen LogP contribution in [0.25, 0.3) is 0 Å². The molecule has 1 atom stereocenters. The predicted octanol–water partition coefficient (Wildman–Crippen LogP) is -0.132. The van der Waals surface area contributed by atoms with Gasteiger partial charge in [-0.1, -0.05) is 12.1 Å². The van der Waals surface area contributed by atoms with Crippen LogP contribution in [0.1, 0.15) is 5.56 Å². The molecule has 0 aromatic heterocycles. The second kappa shape index (κ2) is 13.4. The van der Waals surface area contributed by atoms with Gasteiger partial charge in [0.05, 0.1) is 5.69 Å². The van der Waals surface area contributed by atoms with Crippen LogP contribution in [0, 0.1) is 6.92 Å². The molecule has 177 valence electrons. The quantitative estimate of drug-likeness (QED) is 0.157. The zero-order valence-corrected chi connectivity index (χ0v) is 27.1.